The molecule has 0 radical (unpaired) electrons. The fourth-order valence-electron chi connectivity index (χ4n) is 2.87. The van der Waals surface area contributed by atoms with E-state index in [4.69, 9.17) is 4.42 Å². The summed E-state index contributed by atoms with van der Waals surface area (Å²) >= 11 is 0. The van der Waals surface area contributed by atoms with Crippen molar-refractivity contribution in [2.24, 2.45) is 4.99 Å². The molecule has 0 saturated carbocycles. The number of halogens is 1. The van der Waals surface area contributed by atoms with Gasteiger partial charge in [0.1, 0.15) is 11.5 Å². The van der Waals surface area contributed by atoms with Crippen molar-refractivity contribution in [1.29, 1.82) is 0 Å². The van der Waals surface area contributed by atoms with Gasteiger partial charge >= 0.3 is 0 Å². The van der Waals surface area contributed by atoms with Crippen molar-refractivity contribution in [3.63, 3.8) is 0 Å². The van der Waals surface area contributed by atoms with Crippen LogP contribution in [0.1, 0.15) is 29.9 Å². The van der Waals surface area contributed by atoms with Crippen LogP contribution in [0.2, 0.25) is 0 Å². The Morgan fingerprint density at radius 2 is 2.13 bits per heavy atom. The molecule has 0 bridgehead atoms. The molecule has 0 atom stereocenters. The normalized spacial score (nSPS) is 16.7. The highest BCUT2D eigenvalue weighted by Gasteiger charge is 2.19. The van der Waals surface area contributed by atoms with Gasteiger partial charge in [-0.05, 0) is 32.8 Å². The van der Waals surface area contributed by atoms with E-state index >= 15 is 0 Å². The Hall–Kier alpha value is -1.02. The van der Waals surface area contributed by atoms with Crippen LogP contribution >= 0.6 is 24.0 Å². The maximum absolute atomic E-state index is 5.55. The van der Waals surface area contributed by atoms with E-state index in [0.717, 1.165) is 56.5 Å². The van der Waals surface area contributed by atoms with Gasteiger partial charge in [0.15, 0.2) is 5.96 Å². The molecule has 0 spiro atoms. The topological polar surface area (TPSA) is 52.8 Å². The number of piperidine rings is 1. The van der Waals surface area contributed by atoms with Crippen molar-refractivity contribution in [1.82, 2.24) is 15.5 Å². The molecule has 130 valence electrons. The minimum atomic E-state index is 0. The second-order valence-corrected chi connectivity index (χ2v) is 5.87. The predicted molar refractivity (Wildman–Crippen MR) is 107 cm³/mol. The number of aliphatic imine (C=N–C) groups is 1. The lowest BCUT2D eigenvalue weighted by Crippen LogP contribution is -2.48. The SMILES string of the molecule is C=CCN1CCC(NC(=NC)NCc2cc(C)oc2C)CC1.I. The first-order valence-corrected chi connectivity index (χ1v) is 7.98. The summed E-state index contributed by atoms with van der Waals surface area (Å²) in [7, 11) is 1.82. The van der Waals surface area contributed by atoms with Crippen molar-refractivity contribution in [2.45, 2.75) is 39.3 Å². The fourth-order valence-corrected chi connectivity index (χ4v) is 2.87. The molecule has 0 unspecified atom stereocenters. The van der Waals surface area contributed by atoms with E-state index < -0.39 is 0 Å². The van der Waals surface area contributed by atoms with Gasteiger partial charge in [0.2, 0.25) is 0 Å². The van der Waals surface area contributed by atoms with Gasteiger partial charge in [-0.25, -0.2) is 0 Å². The first-order chi connectivity index (χ1) is 10.6. The van der Waals surface area contributed by atoms with E-state index in [2.05, 4.69) is 33.2 Å². The summed E-state index contributed by atoms with van der Waals surface area (Å²) in [6.07, 6.45) is 4.25. The van der Waals surface area contributed by atoms with Gasteiger partial charge in [-0.3, -0.25) is 9.89 Å². The van der Waals surface area contributed by atoms with Crippen LogP contribution in [0.25, 0.3) is 0 Å². The van der Waals surface area contributed by atoms with Crippen LogP contribution < -0.4 is 10.6 Å². The van der Waals surface area contributed by atoms with Crippen molar-refractivity contribution in [3.05, 3.63) is 35.8 Å². The summed E-state index contributed by atoms with van der Waals surface area (Å²) in [5.74, 6) is 2.78. The Morgan fingerprint density at radius 1 is 1.43 bits per heavy atom. The Labute approximate surface area is 156 Å². The first kappa shape index (κ1) is 20.0. The van der Waals surface area contributed by atoms with Crippen molar-refractivity contribution >= 4 is 29.9 Å². The van der Waals surface area contributed by atoms with E-state index in [1.54, 1.807) is 0 Å². The van der Waals surface area contributed by atoms with Crippen molar-refractivity contribution in [2.75, 3.05) is 26.7 Å². The molecule has 2 rings (SSSR count). The molecule has 1 fully saturated rings. The lowest BCUT2D eigenvalue weighted by molar-refractivity contribution is 0.225. The number of hydrogen-bond donors (Lipinski definition) is 2. The van der Waals surface area contributed by atoms with E-state index in [0.29, 0.717) is 6.04 Å². The molecule has 23 heavy (non-hydrogen) atoms. The predicted octanol–water partition coefficient (Wildman–Crippen LogP) is 2.83. The quantitative estimate of drug-likeness (QED) is 0.325. The van der Waals surface area contributed by atoms with Crippen LogP contribution in [-0.4, -0.2) is 43.6 Å². The summed E-state index contributed by atoms with van der Waals surface area (Å²) in [6, 6.07) is 2.56. The second-order valence-electron chi connectivity index (χ2n) is 5.87. The molecular weight excluding hydrogens is 403 g/mol. The van der Waals surface area contributed by atoms with Crippen LogP contribution in [0, 0.1) is 13.8 Å². The van der Waals surface area contributed by atoms with Crippen LogP contribution in [0.5, 0.6) is 0 Å². The zero-order chi connectivity index (χ0) is 15.9. The van der Waals surface area contributed by atoms with Gasteiger partial charge in [-0.1, -0.05) is 6.08 Å². The highest BCUT2D eigenvalue weighted by molar-refractivity contribution is 14.0. The number of hydrogen-bond acceptors (Lipinski definition) is 3. The highest BCUT2D eigenvalue weighted by Crippen LogP contribution is 2.13. The van der Waals surface area contributed by atoms with Crippen LogP contribution in [-0.2, 0) is 6.54 Å². The number of rotatable bonds is 5. The fraction of sp³-hybridized carbons (Fsp3) is 0.588. The Bertz CT molecular complexity index is 519. The summed E-state index contributed by atoms with van der Waals surface area (Å²) in [4.78, 5) is 6.75. The molecule has 1 aliphatic rings. The third-order valence-corrected chi connectivity index (χ3v) is 4.13. The standard InChI is InChI=1S/C17H28N4O.HI/c1-5-8-21-9-6-16(7-10-21)20-17(18-4)19-12-15-11-13(2)22-14(15)3;/h5,11,16H,1,6-10,12H2,2-4H3,(H2,18,19,20);1H. The lowest BCUT2D eigenvalue weighted by atomic mass is 10.1. The number of aryl methyl sites for hydroxylation is 2. The number of nitrogens with zero attached hydrogens (tertiary/aromatic N) is 2. The van der Waals surface area contributed by atoms with E-state index in [1.807, 2.05) is 27.0 Å². The molecule has 2 N–H and O–H groups in total. The van der Waals surface area contributed by atoms with Gasteiger partial charge in [-0.15, -0.1) is 30.6 Å². The van der Waals surface area contributed by atoms with Crippen molar-refractivity contribution < 1.29 is 4.42 Å². The maximum atomic E-state index is 5.55. The molecule has 5 nitrogen and oxygen atoms in total. The number of guanidine groups is 1. The first-order valence-electron chi connectivity index (χ1n) is 7.98. The van der Waals surface area contributed by atoms with Gasteiger partial charge in [0.25, 0.3) is 0 Å². The summed E-state index contributed by atoms with van der Waals surface area (Å²) < 4.78 is 5.55. The van der Waals surface area contributed by atoms with Crippen LogP contribution in [0.4, 0.5) is 0 Å². The van der Waals surface area contributed by atoms with E-state index in [-0.39, 0.29) is 24.0 Å². The molecule has 0 aliphatic carbocycles. The number of likely N-dealkylation sites (tertiary alicyclic amines) is 1. The molecular formula is C17H29IN4O. The smallest absolute Gasteiger partial charge is 0.191 e. The van der Waals surface area contributed by atoms with E-state index in [9.17, 15) is 0 Å². The summed E-state index contributed by atoms with van der Waals surface area (Å²) in [5, 5.41) is 6.89. The third kappa shape index (κ3) is 6.18. The van der Waals surface area contributed by atoms with Crippen LogP contribution in [0.15, 0.2) is 28.1 Å². The largest absolute Gasteiger partial charge is 0.466 e. The Balaban J connectivity index is 0.00000264. The minimum Gasteiger partial charge on any atom is -0.466 e. The van der Waals surface area contributed by atoms with Gasteiger partial charge in [0.05, 0.1) is 0 Å². The van der Waals surface area contributed by atoms with Gasteiger partial charge < -0.3 is 15.1 Å². The average Bonchev–Trinajstić information content (AvgIpc) is 2.83. The summed E-state index contributed by atoms with van der Waals surface area (Å²) in [6.45, 7) is 11.7. The molecule has 1 aromatic rings. The minimum absolute atomic E-state index is 0. The molecule has 0 aromatic carbocycles. The average molecular weight is 432 g/mol. The number of furan rings is 1. The molecule has 0 amide bonds. The zero-order valence-corrected chi connectivity index (χ0v) is 16.7. The Morgan fingerprint density at radius 3 is 2.65 bits per heavy atom. The summed E-state index contributed by atoms with van der Waals surface area (Å²) in [5.41, 5.74) is 1.18. The Kier molecular flexibility index (Phi) is 8.68. The lowest BCUT2D eigenvalue weighted by Gasteiger charge is -2.32. The molecule has 1 aliphatic heterocycles. The third-order valence-electron chi connectivity index (χ3n) is 4.13. The highest BCUT2D eigenvalue weighted by atomic mass is 127. The van der Waals surface area contributed by atoms with E-state index in [1.165, 1.54) is 5.56 Å². The molecule has 1 aromatic heterocycles. The van der Waals surface area contributed by atoms with Crippen molar-refractivity contribution in [3.8, 4) is 0 Å². The second kappa shape index (κ2) is 9.97. The van der Waals surface area contributed by atoms with Gasteiger partial charge in [0, 0.05) is 44.8 Å². The molecule has 1 saturated heterocycles. The maximum Gasteiger partial charge on any atom is 0.191 e. The monoisotopic (exact) mass is 432 g/mol. The van der Waals surface area contributed by atoms with Crippen LogP contribution in [0.3, 0.4) is 0 Å². The molecule has 2 heterocycles. The molecule has 6 heteroatoms. The zero-order valence-electron chi connectivity index (χ0n) is 14.4. The number of nitrogens with one attached hydrogen (secondary N) is 2. The van der Waals surface area contributed by atoms with Gasteiger partial charge in [-0.2, -0.15) is 0 Å².